The molecule has 0 spiro atoms. The molecule has 0 unspecified atom stereocenters. The van der Waals surface area contributed by atoms with Crippen molar-refractivity contribution < 1.29 is 0 Å². The third kappa shape index (κ3) is 2.24. The monoisotopic (exact) mass is 246 g/mol. The lowest BCUT2D eigenvalue weighted by Gasteiger charge is -2.10. The largest absolute Gasteiger partial charge is 0.0876 e. The lowest BCUT2D eigenvalue weighted by molar-refractivity contribution is 0.855. The van der Waals surface area contributed by atoms with Crippen molar-refractivity contribution in [2.24, 2.45) is 0 Å². The van der Waals surface area contributed by atoms with Gasteiger partial charge in [0.05, 0.1) is 0 Å². The number of hydrogen-bond donors (Lipinski definition) is 0. The third-order valence-corrected chi connectivity index (χ3v) is 2.71. The van der Waals surface area contributed by atoms with Crippen LogP contribution in [0, 0.1) is 0 Å². The number of halogens is 2. The number of hydrogen-bond acceptors (Lipinski definition) is 0. The highest BCUT2D eigenvalue weighted by atomic mass is 79.9. The molecule has 0 aliphatic heterocycles. The average Bonchev–Trinajstić information content (AvgIpc) is 2.04. The molecule has 0 N–H and O–H groups in total. The van der Waals surface area contributed by atoms with Crippen LogP contribution in [-0.2, 0) is 5.33 Å². The minimum Gasteiger partial charge on any atom is -0.0876 e. The van der Waals surface area contributed by atoms with Gasteiger partial charge >= 0.3 is 0 Å². The Morgan fingerprint density at radius 1 is 1.42 bits per heavy atom. The summed E-state index contributed by atoms with van der Waals surface area (Å²) in [5, 5.41) is 1.72. The van der Waals surface area contributed by atoms with Gasteiger partial charge in [-0.25, -0.2) is 0 Å². The highest BCUT2D eigenvalue weighted by molar-refractivity contribution is 9.08. The second-order valence-electron chi connectivity index (χ2n) is 3.13. The van der Waals surface area contributed by atoms with Crippen LogP contribution in [0.15, 0.2) is 18.2 Å². The predicted octanol–water partition coefficient (Wildman–Crippen LogP) is 4.36. The summed E-state index contributed by atoms with van der Waals surface area (Å²) in [5.41, 5.74) is 2.66. The predicted molar refractivity (Wildman–Crippen MR) is 58.2 cm³/mol. The van der Waals surface area contributed by atoms with E-state index in [1.54, 1.807) is 0 Å². The Hall–Kier alpha value is -0.0100. The molecule has 0 heterocycles. The zero-order chi connectivity index (χ0) is 9.14. The smallest absolute Gasteiger partial charge is 0.0409 e. The van der Waals surface area contributed by atoms with E-state index in [1.165, 1.54) is 11.1 Å². The van der Waals surface area contributed by atoms with Crippen molar-refractivity contribution in [1.29, 1.82) is 0 Å². The first-order valence-corrected chi connectivity index (χ1v) is 5.49. The van der Waals surface area contributed by atoms with E-state index in [2.05, 4.69) is 35.8 Å². The van der Waals surface area contributed by atoms with E-state index in [4.69, 9.17) is 11.6 Å². The van der Waals surface area contributed by atoms with Crippen molar-refractivity contribution in [3.63, 3.8) is 0 Å². The van der Waals surface area contributed by atoms with Crippen molar-refractivity contribution in [2.75, 3.05) is 0 Å². The summed E-state index contributed by atoms with van der Waals surface area (Å²) in [7, 11) is 0. The van der Waals surface area contributed by atoms with Crippen LogP contribution in [-0.4, -0.2) is 0 Å². The van der Waals surface area contributed by atoms with Gasteiger partial charge in [-0.15, -0.1) is 0 Å². The summed E-state index contributed by atoms with van der Waals surface area (Å²) in [5.74, 6) is 0.538. The summed E-state index contributed by atoms with van der Waals surface area (Å²) in [4.78, 5) is 0. The lowest BCUT2D eigenvalue weighted by Crippen LogP contribution is -1.93. The summed E-state index contributed by atoms with van der Waals surface area (Å²) < 4.78 is 0. The Kier molecular flexibility index (Phi) is 3.60. The molecule has 0 saturated heterocycles. The maximum atomic E-state index is 5.90. The maximum Gasteiger partial charge on any atom is 0.0409 e. The minimum absolute atomic E-state index is 0.538. The van der Waals surface area contributed by atoms with Crippen LogP contribution in [0.3, 0.4) is 0 Å². The van der Waals surface area contributed by atoms with E-state index < -0.39 is 0 Å². The molecule has 1 rings (SSSR count). The van der Waals surface area contributed by atoms with Crippen molar-refractivity contribution >= 4 is 27.5 Å². The maximum absolute atomic E-state index is 5.90. The molecule has 1 aromatic carbocycles. The standard InChI is InChI=1S/C10H12BrCl/c1-7(2)10-5-9(12)4-3-8(10)6-11/h3-5,7H,6H2,1-2H3. The molecule has 0 aromatic heterocycles. The zero-order valence-electron chi connectivity index (χ0n) is 7.27. The molecule has 0 fully saturated rings. The van der Waals surface area contributed by atoms with E-state index >= 15 is 0 Å². The number of alkyl halides is 1. The molecule has 0 nitrogen and oxygen atoms in total. The molecule has 0 amide bonds. The summed E-state index contributed by atoms with van der Waals surface area (Å²) in [6.07, 6.45) is 0. The van der Waals surface area contributed by atoms with Gasteiger partial charge in [0, 0.05) is 10.4 Å². The van der Waals surface area contributed by atoms with Crippen molar-refractivity contribution in [2.45, 2.75) is 25.1 Å². The van der Waals surface area contributed by atoms with Gasteiger partial charge in [0.25, 0.3) is 0 Å². The fourth-order valence-corrected chi connectivity index (χ4v) is 1.92. The molecule has 1 aromatic rings. The van der Waals surface area contributed by atoms with Crippen LogP contribution in [0.4, 0.5) is 0 Å². The number of benzene rings is 1. The summed E-state index contributed by atoms with van der Waals surface area (Å²) in [6, 6.07) is 6.05. The Morgan fingerprint density at radius 3 is 2.58 bits per heavy atom. The molecular formula is C10H12BrCl. The molecular weight excluding hydrogens is 235 g/mol. The Bertz CT molecular complexity index is 269. The topological polar surface area (TPSA) is 0 Å². The molecule has 0 saturated carbocycles. The van der Waals surface area contributed by atoms with Gasteiger partial charge in [-0.1, -0.05) is 47.4 Å². The Balaban J connectivity index is 3.12. The first kappa shape index (κ1) is 10.1. The lowest BCUT2D eigenvalue weighted by atomic mass is 9.98. The quantitative estimate of drug-likeness (QED) is 0.681. The van der Waals surface area contributed by atoms with Crippen LogP contribution in [0.1, 0.15) is 30.9 Å². The van der Waals surface area contributed by atoms with Gasteiger partial charge in [0.2, 0.25) is 0 Å². The van der Waals surface area contributed by atoms with Gasteiger partial charge in [-0.2, -0.15) is 0 Å². The van der Waals surface area contributed by atoms with Crippen molar-refractivity contribution in [1.82, 2.24) is 0 Å². The second kappa shape index (κ2) is 4.29. The summed E-state index contributed by atoms with van der Waals surface area (Å²) in [6.45, 7) is 4.36. The fraction of sp³-hybridized carbons (Fsp3) is 0.400. The third-order valence-electron chi connectivity index (χ3n) is 1.87. The average molecular weight is 248 g/mol. The summed E-state index contributed by atoms with van der Waals surface area (Å²) >= 11 is 9.36. The van der Waals surface area contributed by atoms with E-state index in [0.717, 1.165) is 10.4 Å². The minimum atomic E-state index is 0.538. The van der Waals surface area contributed by atoms with E-state index in [0.29, 0.717) is 5.92 Å². The first-order valence-electron chi connectivity index (χ1n) is 3.99. The molecule has 66 valence electrons. The van der Waals surface area contributed by atoms with Gasteiger partial charge in [0.1, 0.15) is 0 Å². The SMILES string of the molecule is CC(C)c1cc(Cl)ccc1CBr. The van der Waals surface area contributed by atoms with Gasteiger partial charge < -0.3 is 0 Å². The van der Waals surface area contributed by atoms with Crippen LogP contribution in [0.2, 0.25) is 5.02 Å². The van der Waals surface area contributed by atoms with Gasteiger partial charge in [-0.05, 0) is 29.2 Å². The highest BCUT2D eigenvalue weighted by Gasteiger charge is 2.05. The van der Waals surface area contributed by atoms with Gasteiger partial charge in [0.15, 0.2) is 0 Å². The van der Waals surface area contributed by atoms with E-state index in [-0.39, 0.29) is 0 Å². The Labute approximate surface area is 87.1 Å². The molecule has 0 radical (unpaired) electrons. The molecule has 2 heteroatoms. The molecule has 0 aliphatic rings. The Morgan fingerprint density at radius 2 is 2.08 bits per heavy atom. The second-order valence-corrected chi connectivity index (χ2v) is 4.13. The molecule has 0 aliphatic carbocycles. The van der Waals surface area contributed by atoms with Crippen molar-refractivity contribution in [3.8, 4) is 0 Å². The van der Waals surface area contributed by atoms with Crippen LogP contribution < -0.4 is 0 Å². The molecule has 0 bridgehead atoms. The van der Waals surface area contributed by atoms with Crippen LogP contribution in [0.25, 0.3) is 0 Å². The fourth-order valence-electron chi connectivity index (χ4n) is 1.22. The van der Waals surface area contributed by atoms with E-state index in [9.17, 15) is 0 Å². The van der Waals surface area contributed by atoms with E-state index in [1.807, 2.05) is 12.1 Å². The van der Waals surface area contributed by atoms with Crippen LogP contribution >= 0.6 is 27.5 Å². The highest BCUT2D eigenvalue weighted by Crippen LogP contribution is 2.24. The first-order chi connectivity index (χ1) is 5.65. The normalized spacial score (nSPS) is 10.8. The van der Waals surface area contributed by atoms with Gasteiger partial charge in [-0.3, -0.25) is 0 Å². The zero-order valence-corrected chi connectivity index (χ0v) is 9.61. The number of rotatable bonds is 2. The van der Waals surface area contributed by atoms with Crippen LogP contribution in [0.5, 0.6) is 0 Å². The molecule has 0 atom stereocenters. The molecule has 12 heavy (non-hydrogen) atoms. The van der Waals surface area contributed by atoms with Crippen molar-refractivity contribution in [3.05, 3.63) is 34.3 Å².